The topological polar surface area (TPSA) is 21.3 Å². The van der Waals surface area contributed by atoms with E-state index in [4.69, 9.17) is 4.74 Å². The molecule has 1 aromatic rings. The van der Waals surface area contributed by atoms with Crippen LogP contribution in [-0.2, 0) is 11.2 Å². The first kappa shape index (κ1) is 14.5. The standard InChI is InChI=1S/C17H27NO/c1-4-11-18-17(12-19-13(2)3)16-10-9-14-7-5-6-8-15(14)16/h5-8,13,16-18H,4,9-12H2,1-3H3. The van der Waals surface area contributed by atoms with Gasteiger partial charge in [-0.1, -0.05) is 31.2 Å². The molecule has 0 heterocycles. The molecule has 0 saturated heterocycles. The maximum atomic E-state index is 5.87. The van der Waals surface area contributed by atoms with Crippen molar-refractivity contribution in [2.45, 2.75) is 58.1 Å². The van der Waals surface area contributed by atoms with E-state index in [-0.39, 0.29) is 0 Å². The van der Waals surface area contributed by atoms with Crippen LogP contribution in [0.2, 0.25) is 0 Å². The van der Waals surface area contributed by atoms with Crippen LogP contribution in [0.3, 0.4) is 0 Å². The van der Waals surface area contributed by atoms with Gasteiger partial charge < -0.3 is 10.1 Å². The van der Waals surface area contributed by atoms with Gasteiger partial charge in [-0.05, 0) is 50.8 Å². The highest BCUT2D eigenvalue weighted by atomic mass is 16.5. The molecule has 0 amide bonds. The predicted octanol–water partition coefficient (Wildman–Crippen LogP) is 3.51. The number of fused-ring (bicyclic) bond motifs is 1. The van der Waals surface area contributed by atoms with Gasteiger partial charge in [-0.25, -0.2) is 0 Å². The number of aryl methyl sites for hydroxylation is 1. The maximum Gasteiger partial charge on any atom is 0.0629 e. The second kappa shape index (κ2) is 7.06. The lowest BCUT2D eigenvalue weighted by molar-refractivity contribution is 0.0556. The van der Waals surface area contributed by atoms with E-state index in [9.17, 15) is 0 Å². The molecule has 0 bridgehead atoms. The third-order valence-corrected chi connectivity index (χ3v) is 3.93. The highest BCUT2D eigenvalue weighted by Gasteiger charge is 2.29. The quantitative estimate of drug-likeness (QED) is 0.811. The fourth-order valence-corrected chi connectivity index (χ4v) is 2.95. The van der Waals surface area contributed by atoms with Gasteiger partial charge in [0.05, 0.1) is 12.7 Å². The van der Waals surface area contributed by atoms with Crippen molar-refractivity contribution >= 4 is 0 Å². The summed E-state index contributed by atoms with van der Waals surface area (Å²) in [6.45, 7) is 8.33. The van der Waals surface area contributed by atoms with Crippen molar-refractivity contribution in [3.63, 3.8) is 0 Å². The van der Waals surface area contributed by atoms with Crippen LogP contribution in [0.25, 0.3) is 0 Å². The van der Waals surface area contributed by atoms with Crippen molar-refractivity contribution in [2.24, 2.45) is 0 Å². The van der Waals surface area contributed by atoms with E-state index in [0.717, 1.165) is 13.2 Å². The zero-order chi connectivity index (χ0) is 13.7. The first-order valence-corrected chi connectivity index (χ1v) is 7.65. The second-order valence-electron chi connectivity index (χ2n) is 5.79. The fraction of sp³-hybridized carbons (Fsp3) is 0.647. The van der Waals surface area contributed by atoms with Gasteiger partial charge in [0.2, 0.25) is 0 Å². The van der Waals surface area contributed by atoms with Crippen LogP contribution in [0.1, 0.15) is 50.7 Å². The minimum atomic E-state index is 0.308. The Balaban J connectivity index is 2.05. The Morgan fingerprint density at radius 3 is 2.84 bits per heavy atom. The average Bonchev–Trinajstić information content (AvgIpc) is 2.83. The molecule has 2 nitrogen and oxygen atoms in total. The zero-order valence-corrected chi connectivity index (χ0v) is 12.5. The Hall–Kier alpha value is -0.860. The molecule has 1 aliphatic carbocycles. The Labute approximate surface area is 117 Å². The number of nitrogens with one attached hydrogen (secondary N) is 1. The van der Waals surface area contributed by atoms with Gasteiger partial charge in [0.25, 0.3) is 0 Å². The van der Waals surface area contributed by atoms with Crippen molar-refractivity contribution < 1.29 is 4.74 Å². The molecular weight excluding hydrogens is 234 g/mol. The number of hydrogen-bond donors (Lipinski definition) is 1. The smallest absolute Gasteiger partial charge is 0.0629 e. The maximum absolute atomic E-state index is 5.87. The van der Waals surface area contributed by atoms with Gasteiger partial charge in [0.15, 0.2) is 0 Å². The largest absolute Gasteiger partial charge is 0.377 e. The van der Waals surface area contributed by atoms with Gasteiger partial charge in [-0.3, -0.25) is 0 Å². The molecule has 0 aromatic heterocycles. The lowest BCUT2D eigenvalue weighted by Crippen LogP contribution is -2.39. The lowest BCUT2D eigenvalue weighted by atomic mass is 9.93. The molecule has 1 N–H and O–H groups in total. The predicted molar refractivity (Wildman–Crippen MR) is 80.7 cm³/mol. The normalized spacial score (nSPS) is 19.7. The summed E-state index contributed by atoms with van der Waals surface area (Å²) in [4.78, 5) is 0. The van der Waals surface area contributed by atoms with E-state index >= 15 is 0 Å². The van der Waals surface area contributed by atoms with E-state index < -0.39 is 0 Å². The Bertz CT molecular complexity index is 389. The SMILES string of the molecule is CCCNC(COC(C)C)C1CCc2ccccc21. The Kier molecular flexibility index (Phi) is 5.41. The van der Waals surface area contributed by atoms with Gasteiger partial charge >= 0.3 is 0 Å². The summed E-state index contributed by atoms with van der Waals surface area (Å²) in [5.41, 5.74) is 3.06. The van der Waals surface area contributed by atoms with E-state index in [0.29, 0.717) is 18.1 Å². The second-order valence-corrected chi connectivity index (χ2v) is 5.79. The van der Waals surface area contributed by atoms with Crippen LogP contribution >= 0.6 is 0 Å². The first-order chi connectivity index (χ1) is 9.22. The lowest BCUT2D eigenvalue weighted by Gasteiger charge is -2.26. The molecule has 2 heteroatoms. The number of benzene rings is 1. The van der Waals surface area contributed by atoms with Gasteiger partial charge in [0.1, 0.15) is 0 Å². The van der Waals surface area contributed by atoms with Crippen LogP contribution in [0.15, 0.2) is 24.3 Å². The molecule has 2 unspecified atom stereocenters. The molecule has 0 radical (unpaired) electrons. The molecule has 2 atom stereocenters. The molecule has 2 rings (SSSR count). The summed E-state index contributed by atoms with van der Waals surface area (Å²) in [6, 6.07) is 9.34. The molecule has 106 valence electrons. The molecule has 0 aliphatic heterocycles. The highest BCUT2D eigenvalue weighted by Crippen LogP contribution is 2.35. The third-order valence-electron chi connectivity index (χ3n) is 3.93. The van der Waals surface area contributed by atoms with Crippen LogP contribution < -0.4 is 5.32 Å². The zero-order valence-electron chi connectivity index (χ0n) is 12.5. The van der Waals surface area contributed by atoms with E-state index in [1.165, 1.54) is 30.4 Å². The van der Waals surface area contributed by atoms with Crippen LogP contribution in [0.5, 0.6) is 0 Å². The number of rotatable bonds is 7. The molecule has 0 spiro atoms. The Morgan fingerprint density at radius 1 is 1.32 bits per heavy atom. The van der Waals surface area contributed by atoms with Gasteiger partial charge in [0, 0.05) is 12.0 Å². The molecule has 0 saturated carbocycles. The van der Waals surface area contributed by atoms with E-state index in [1.54, 1.807) is 0 Å². The van der Waals surface area contributed by atoms with Gasteiger partial charge in [-0.2, -0.15) is 0 Å². The van der Waals surface area contributed by atoms with Crippen molar-refractivity contribution in [2.75, 3.05) is 13.2 Å². The summed E-state index contributed by atoms with van der Waals surface area (Å²) in [6.07, 6.45) is 3.95. The van der Waals surface area contributed by atoms with Crippen molar-refractivity contribution in [3.8, 4) is 0 Å². The molecule has 1 aromatic carbocycles. The summed E-state index contributed by atoms with van der Waals surface area (Å²) < 4.78 is 5.87. The number of ether oxygens (including phenoxy) is 1. The van der Waals surface area contributed by atoms with Crippen molar-refractivity contribution in [1.29, 1.82) is 0 Å². The van der Waals surface area contributed by atoms with Crippen molar-refractivity contribution in [3.05, 3.63) is 35.4 Å². The van der Waals surface area contributed by atoms with E-state index in [2.05, 4.69) is 50.4 Å². The van der Waals surface area contributed by atoms with Crippen LogP contribution in [-0.4, -0.2) is 25.3 Å². The molecule has 1 aliphatic rings. The monoisotopic (exact) mass is 261 g/mol. The number of hydrogen-bond acceptors (Lipinski definition) is 2. The van der Waals surface area contributed by atoms with E-state index in [1.807, 2.05) is 0 Å². The summed E-state index contributed by atoms with van der Waals surface area (Å²) >= 11 is 0. The summed E-state index contributed by atoms with van der Waals surface area (Å²) in [7, 11) is 0. The Morgan fingerprint density at radius 2 is 2.11 bits per heavy atom. The fourth-order valence-electron chi connectivity index (χ4n) is 2.95. The molecular formula is C17H27NO. The average molecular weight is 261 g/mol. The molecule has 0 fully saturated rings. The third kappa shape index (κ3) is 3.80. The van der Waals surface area contributed by atoms with Crippen LogP contribution in [0.4, 0.5) is 0 Å². The van der Waals surface area contributed by atoms with Gasteiger partial charge in [-0.15, -0.1) is 0 Å². The molecule has 19 heavy (non-hydrogen) atoms. The summed E-state index contributed by atoms with van der Waals surface area (Å²) in [5.74, 6) is 0.612. The minimum Gasteiger partial charge on any atom is -0.377 e. The first-order valence-electron chi connectivity index (χ1n) is 7.65. The summed E-state index contributed by atoms with van der Waals surface area (Å²) in [5, 5.41) is 3.68. The van der Waals surface area contributed by atoms with Crippen molar-refractivity contribution in [1.82, 2.24) is 5.32 Å². The minimum absolute atomic E-state index is 0.308. The van der Waals surface area contributed by atoms with Crippen LogP contribution in [0, 0.1) is 0 Å². The highest BCUT2D eigenvalue weighted by molar-refractivity contribution is 5.36.